The third-order valence-electron chi connectivity index (χ3n) is 6.08. The topological polar surface area (TPSA) is 79.9 Å². The number of halogens is 1. The first kappa shape index (κ1) is 24.4. The van der Waals surface area contributed by atoms with Gasteiger partial charge < -0.3 is 14.4 Å². The highest BCUT2D eigenvalue weighted by atomic mass is 35.5. The lowest BCUT2D eigenvalue weighted by atomic mass is 10.1. The van der Waals surface area contributed by atoms with Gasteiger partial charge in [0.15, 0.2) is 11.5 Å². The molecule has 0 bridgehead atoms. The summed E-state index contributed by atoms with van der Waals surface area (Å²) < 4.78 is 11.3. The minimum Gasteiger partial charge on any atom is -0.493 e. The monoisotopic (exact) mass is 493 g/mol. The molecule has 3 aromatic carbocycles. The number of rotatable bonds is 8. The number of aryl methyl sites for hydroxylation is 2. The van der Waals surface area contributed by atoms with Crippen molar-refractivity contribution in [3.63, 3.8) is 0 Å². The Hall–Kier alpha value is -3.71. The zero-order chi connectivity index (χ0) is 24.9. The zero-order valence-electron chi connectivity index (χ0n) is 19.9. The lowest BCUT2D eigenvalue weighted by Gasteiger charge is -2.18. The molecule has 1 saturated heterocycles. The number of ether oxygens (including phenoxy) is 2. The van der Waals surface area contributed by atoms with Gasteiger partial charge in [-0.1, -0.05) is 48.0 Å². The quantitative estimate of drug-likeness (QED) is 0.430. The number of carbonyl (C=O) groups excluding carboxylic acids is 2. The molecule has 1 aliphatic heterocycles. The van der Waals surface area contributed by atoms with Gasteiger partial charge >= 0.3 is 0 Å². The molecule has 7 nitrogen and oxygen atoms in total. The van der Waals surface area contributed by atoms with Crippen molar-refractivity contribution in [3.05, 3.63) is 82.4 Å². The molecule has 35 heavy (non-hydrogen) atoms. The fraction of sp³-hybridized carbons (Fsp3) is 0.259. The van der Waals surface area contributed by atoms with Gasteiger partial charge in [0.1, 0.15) is 6.61 Å². The second-order valence-electron chi connectivity index (χ2n) is 8.55. The number of amides is 2. The molecule has 4 rings (SSSR count). The third-order valence-corrected chi connectivity index (χ3v) is 6.36. The molecule has 1 atom stereocenters. The van der Waals surface area contributed by atoms with E-state index in [1.54, 1.807) is 17.0 Å². The average Bonchev–Trinajstić information content (AvgIpc) is 3.25. The van der Waals surface area contributed by atoms with E-state index in [2.05, 4.69) is 10.9 Å². The molecule has 0 radical (unpaired) electrons. The second-order valence-corrected chi connectivity index (χ2v) is 8.96. The highest BCUT2D eigenvalue weighted by Gasteiger charge is 2.35. The van der Waals surface area contributed by atoms with Gasteiger partial charge in [-0.2, -0.15) is 0 Å². The standard InChI is InChI=1S/C27H28ClN3O4/c1-17-9-10-22(11-18(17)2)31-15-20(12-25(31)32)27(33)30-29-21-13-23(28)26(24(14-21)34-3)35-16-19-7-5-4-6-8-19/h4-11,13-14,20,29H,12,15-16H2,1-3H3,(H,30,33)/t20-/m0/s1. The van der Waals surface area contributed by atoms with Crippen molar-refractivity contribution in [2.45, 2.75) is 26.9 Å². The molecule has 182 valence electrons. The van der Waals surface area contributed by atoms with Crippen LogP contribution in [0.2, 0.25) is 5.02 Å². The zero-order valence-corrected chi connectivity index (χ0v) is 20.7. The summed E-state index contributed by atoms with van der Waals surface area (Å²) in [4.78, 5) is 27.0. The van der Waals surface area contributed by atoms with Crippen molar-refractivity contribution in [1.82, 2.24) is 5.43 Å². The van der Waals surface area contributed by atoms with E-state index in [1.165, 1.54) is 7.11 Å². The molecular weight excluding hydrogens is 466 g/mol. The molecule has 2 amide bonds. The van der Waals surface area contributed by atoms with E-state index in [1.807, 2.05) is 62.4 Å². The number of hydrazine groups is 1. The molecule has 0 unspecified atom stereocenters. The van der Waals surface area contributed by atoms with E-state index < -0.39 is 5.92 Å². The van der Waals surface area contributed by atoms with Gasteiger partial charge in [0.25, 0.3) is 0 Å². The molecule has 1 heterocycles. The van der Waals surface area contributed by atoms with Crippen molar-refractivity contribution in [2.24, 2.45) is 5.92 Å². The highest BCUT2D eigenvalue weighted by molar-refractivity contribution is 6.32. The highest BCUT2D eigenvalue weighted by Crippen LogP contribution is 2.38. The summed E-state index contributed by atoms with van der Waals surface area (Å²) in [5.41, 5.74) is 10.2. The Labute approximate surface area is 210 Å². The summed E-state index contributed by atoms with van der Waals surface area (Å²) in [5.74, 6) is 0.0344. The molecular formula is C27H28ClN3O4. The van der Waals surface area contributed by atoms with Crippen LogP contribution in [0.3, 0.4) is 0 Å². The molecule has 1 fully saturated rings. The Balaban J connectivity index is 1.38. The van der Waals surface area contributed by atoms with Crippen molar-refractivity contribution in [1.29, 1.82) is 0 Å². The van der Waals surface area contributed by atoms with Crippen LogP contribution in [0, 0.1) is 19.8 Å². The molecule has 3 aromatic rings. The Morgan fingerprint density at radius 3 is 2.57 bits per heavy atom. The summed E-state index contributed by atoms with van der Waals surface area (Å²) in [5, 5.41) is 0.342. The molecule has 0 spiro atoms. The SMILES string of the molecule is COc1cc(NNC(=O)[C@H]2CC(=O)N(c3ccc(C)c(C)c3)C2)cc(Cl)c1OCc1ccccc1. The first-order chi connectivity index (χ1) is 16.9. The molecule has 1 aliphatic rings. The molecule has 0 saturated carbocycles. The fourth-order valence-corrected chi connectivity index (χ4v) is 4.19. The van der Waals surface area contributed by atoms with Crippen LogP contribution in [0.5, 0.6) is 11.5 Å². The van der Waals surface area contributed by atoms with E-state index in [4.69, 9.17) is 21.1 Å². The number of hydrogen-bond donors (Lipinski definition) is 2. The summed E-state index contributed by atoms with van der Waals surface area (Å²) in [7, 11) is 1.52. The Bertz CT molecular complexity index is 1230. The smallest absolute Gasteiger partial charge is 0.243 e. The molecule has 0 aliphatic carbocycles. The first-order valence-electron chi connectivity index (χ1n) is 11.3. The number of benzene rings is 3. The minimum absolute atomic E-state index is 0.0713. The van der Waals surface area contributed by atoms with E-state index in [-0.39, 0.29) is 18.2 Å². The fourth-order valence-electron chi connectivity index (χ4n) is 3.92. The maximum atomic E-state index is 12.8. The molecule has 2 N–H and O–H groups in total. The predicted molar refractivity (Wildman–Crippen MR) is 137 cm³/mol. The second kappa shape index (κ2) is 10.7. The van der Waals surface area contributed by atoms with Crippen LogP contribution in [0.1, 0.15) is 23.1 Å². The number of methoxy groups -OCH3 is 1. The number of anilines is 2. The summed E-state index contributed by atoms with van der Waals surface area (Å²) in [6.07, 6.45) is 0.150. The lowest BCUT2D eigenvalue weighted by Crippen LogP contribution is -2.36. The Kier molecular flexibility index (Phi) is 7.46. The van der Waals surface area contributed by atoms with Crippen LogP contribution in [0.4, 0.5) is 11.4 Å². The predicted octanol–water partition coefficient (Wildman–Crippen LogP) is 5.04. The summed E-state index contributed by atoms with van der Waals surface area (Å²) in [6.45, 7) is 4.69. The van der Waals surface area contributed by atoms with Crippen LogP contribution in [-0.2, 0) is 16.2 Å². The maximum absolute atomic E-state index is 12.8. The third kappa shape index (κ3) is 5.69. The molecule has 8 heteroatoms. The van der Waals surface area contributed by atoms with Gasteiger partial charge in [-0.15, -0.1) is 0 Å². The minimum atomic E-state index is -0.470. The van der Waals surface area contributed by atoms with E-state index in [9.17, 15) is 9.59 Å². The van der Waals surface area contributed by atoms with Gasteiger partial charge in [-0.3, -0.25) is 20.4 Å². The van der Waals surface area contributed by atoms with Crippen LogP contribution < -0.4 is 25.2 Å². The average molecular weight is 494 g/mol. The van der Waals surface area contributed by atoms with E-state index in [0.29, 0.717) is 35.4 Å². The lowest BCUT2D eigenvalue weighted by molar-refractivity contribution is -0.125. The van der Waals surface area contributed by atoms with E-state index >= 15 is 0 Å². The van der Waals surface area contributed by atoms with Gasteiger partial charge in [0, 0.05) is 24.7 Å². The van der Waals surface area contributed by atoms with Crippen LogP contribution >= 0.6 is 11.6 Å². The van der Waals surface area contributed by atoms with Crippen LogP contribution in [0.15, 0.2) is 60.7 Å². The number of hydrogen-bond acceptors (Lipinski definition) is 5. The van der Waals surface area contributed by atoms with Gasteiger partial charge in [0.05, 0.1) is 23.7 Å². The van der Waals surface area contributed by atoms with Crippen LogP contribution in [0.25, 0.3) is 0 Å². The number of nitrogens with zero attached hydrogens (tertiary/aromatic N) is 1. The summed E-state index contributed by atoms with van der Waals surface area (Å²) in [6, 6.07) is 18.9. The summed E-state index contributed by atoms with van der Waals surface area (Å²) >= 11 is 6.44. The van der Waals surface area contributed by atoms with Gasteiger partial charge in [-0.25, -0.2) is 0 Å². The van der Waals surface area contributed by atoms with Crippen molar-refractivity contribution < 1.29 is 19.1 Å². The molecule has 0 aromatic heterocycles. The van der Waals surface area contributed by atoms with Crippen LogP contribution in [-0.4, -0.2) is 25.5 Å². The van der Waals surface area contributed by atoms with Gasteiger partial charge in [0.2, 0.25) is 11.8 Å². The van der Waals surface area contributed by atoms with Crippen molar-refractivity contribution >= 4 is 34.8 Å². The first-order valence-corrected chi connectivity index (χ1v) is 11.7. The Morgan fingerprint density at radius 1 is 1.09 bits per heavy atom. The number of nitrogens with one attached hydrogen (secondary N) is 2. The normalized spacial score (nSPS) is 15.1. The van der Waals surface area contributed by atoms with Gasteiger partial charge in [-0.05, 0) is 48.7 Å². The van der Waals surface area contributed by atoms with E-state index in [0.717, 1.165) is 22.4 Å². The van der Waals surface area contributed by atoms with Crippen molar-refractivity contribution in [3.8, 4) is 11.5 Å². The Morgan fingerprint density at radius 2 is 1.86 bits per heavy atom. The number of carbonyl (C=O) groups is 2. The largest absolute Gasteiger partial charge is 0.493 e. The maximum Gasteiger partial charge on any atom is 0.243 e. The van der Waals surface area contributed by atoms with Crippen molar-refractivity contribution in [2.75, 3.05) is 24.0 Å².